The highest BCUT2D eigenvalue weighted by Gasteiger charge is 2.33. The number of urea groups is 1. The molecule has 0 aromatic carbocycles. The van der Waals surface area contributed by atoms with E-state index in [1.165, 1.54) is 5.56 Å². The van der Waals surface area contributed by atoms with Crippen LogP contribution in [0.25, 0.3) is 0 Å². The van der Waals surface area contributed by atoms with E-state index in [-0.39, 0.29) is 18.1 Å². The summed E-state index contributed by atoms with van der Waals surface area (Å²) in [7, 11) is 0. The first-order valence-corrected chi connectivity index (χ1v) is 9.22. The molecular weight excluding hydrogens is 322 g/mol. The summed E-state index contributed by atoms with van der Waals surface area (Å²) in [6.07, 6.45) is 2.01. The van der Waals surface area contributed by atoms with Gasteiger partial charge in [0.15, 0.2) is 0 Å². The van der Waals surface area contributed by atoms with Gasteiger partial charge in [-0.2, -0.15) is 5.10 Å². The monoisotopic (exact) mass is 347 g/mol. The van der Waals surface area contributed by atoms with E-state index in [0.717, 1.165) is 46.4 Å². The van der Waals surface area contributed by atoms with E-state index in [9.17, 15) is 4.79 Å². The predicted molar refractivity (Wildman–Crippen MR) is 95.3 cm³/mol. The molecule has 2 atom stereocenters. The molecule has 0 unspecified atom stereocenters. The third-order valence-electron chi connectivity index (χ3n) is 4.70. The van der Waals surface area contributed by atoms with Crippen molar-refractivity contribution in [3.63, 3.8) is 0 Å². The Morgan fingerprint density at radius 3 is 2.67 bits per heavy atom. The Balaban J connectivity index is 1.75. The highest BCUT2D eigenvalue weighted by molar-refractivity contribution is 7.11. The van der Waals surface area contributed by atoms with Gasteiger partial charge >= 0.3 is 6.03 Å². The van der Waals surface area contributed by atoms with Gasteiger partial charge in [-0.15, -0.1) is 11.3 Å². The van der Waals surface area contributed by atoms with Gasteiger partial charge < -0.3 is 10.2 Å². The zero-order valence-electron chi connectivity index (χ0n) is 14.9. The second-order valence-electron chi connectivity index (χ2n) is 6.55. The molecule has 24 heavy (non-hydrogen) atoms. The van der Waals surface area contributed by atoms with Crippen molar-refractivity contribution in [2.75, 3.05) is 6.54 Å². The van der Waals surface area contributed by atoms with E-state index < -0.39 is 0 Å². The van der Waals surface area contributed by atoms with Crippen LogP contribution in [0.4, 0.5) is 4.79 Å². The summed E-state index contributed by atoms with van der Waals surface area (Å²) in [5.41, 5.74) is 4.21. The van der Waals surface area contributed by atoms with Gasteiger partial charge in [0.1, 0.15) is 0 Å². The molecule has 0 aliphatic carbocycles. The molecule has 130 valence electrons. The number of likely N-dealkylation sites (tertiary alicyclic amines) is 1. The number of nitrogens with one attached hydrogen (secondary N) is 2. The minimum Gasteiger partial charge on any atom is -0.331 e. The zero-order chi connectivity index (χ0) is 17.4. The van der Waals surface area contributed by atoms with Crippen molar-refractivity contribution in [2.24, 2.45) is 0 Å². The Kier molecular flexibility index (Phi) is 4.62. The standard InChI is InChI=1S/C17H25N5OS/c1-9-15(10(2)21-20-9)14-7-6-8-22(14)17(23)19-12(4)16-11(3)18-13(5)24-16/h12,14H,6-8H2,1-5H3,(H,19,23)(H,20,21)/t12-,14-/m1/s1. The molecule has 6 nitrogen and oxygen atoms in total. The van der Waals surface area contributed by atoms with Gasteiger partial charge in [-0.25, -0.2) is 9.78 Å². The Bertz CT molecular complexity index is 731. The van der Waals surface area contributed by atoms with Crippen molar-refractivity contribution in [1.82, 2.24) is 25.4 Å². The van der Waals surface area contributed by atoms with Crippen molar-refractivity contribution in [3.8, 4) is 0 Å². The summed E-state index contributed by atoms with van der Waals surface area (Å²) in [5, 5.41) is 11.5. The van der Waals surface area contributed by atoms with E-state index in [1.54, 1.807) is 11.3 Å². The smallest absolute Gasteiger partial charge is 0.318 e. The molecule has 0 saturated carbocycles. The van der Waals surface area contributed by atoms with Crippen molar-refractivity contribution < 1.29 is 4.79 Å². The number of H-pyrrole nitrogens is 1. The van der Waals surface area contributed by atoms with E-state index in [4.69, 9.17) is 0 Å². The summed E-state index contributed by atoms with van der Waals surface area (Å²) in [6, 6.07) is 0.0761. The van der Waals surface area contributed by atoms with Crippen LogP contribution in [0.1, 0.15) is 64.4 Å². The number of carbonyl (C=O) groups is 1. The SMILES string of the molecule is Cc1nc(C)c([C@@H](C)NC(=O)N2CCC[C@@H]2c2c(C)n[nH]c2C)s1. The van der Waals surface area contributed by atoms with Crippen LogP contribution in [-0.2, 0) is 0 Å². The van der Waals surface area contributed by atoms with Crippen LogP contribution in [0.5, 0.6) is 0 Å². The summed E-state index contributed by atoms with van der Waals surface area (Å²) < 4.78 is 0. The molecule has 1 fully saturated rings. The fourth-order valence-corrected chi connectivity index (χ4v) is 4.57. The van der Waals surface area contributed by atoms with Crippen molar-refractivity contribution >= 4 is 17.4 Å². The van der Waals surface area contributed by atoms with Crippen molar-refractivity contribution in [2.45, 2.75) is 59.5 Å². The third-order valence-corrected chi connectivity index (χ3v) is 5.96. The van der Waals surface area contributed by atoms with E-state index >= 15 is 0 Å². The largest absolute Gasteiger partial charge is 0.331 e. The lowest BCUT2D eigenvalue weighted by Gasteiger charge is -2.27. The highest BCUT2D eigenvalue weighted by atomic mass is 32.1. The van der Waals surface area contributed by atoms with Gasteiger partial charge in [0, 0.05) is 22.7 Å². The summed E-state index contributed by atoms with van der Waals surface area (Å²) in [6.45, 7) is 10.8. The van der Waals surface area contributed by atoms with E-state index in [2.05, 4.69) is 20.5 Å². The lowest BCUT2D eigenvalue weighted by molar-refractivity contribution is 0.189. The molecule has 2 aromatic rings. The normalized spacial score (nSPS) is 18.9. The molecule has 1 saturated heterocycles. The molecule has 1 aliphatic heterocycles. The third kappa shape index (κ3) is 3.05. The van der Waals surface area contributed by atoms with Gasteiger partial charge in [-0.1, -0.05) is 0 Å². The molecule has 3 heterocycles. The van der Waals surface area contributed by atoms with Crippen LogP contribution in [0.3, 0.4) is 0 Å². The number of aromatic nitrogens is 3. The van der Waals surface area contributed by atoms with Crippen LogP contribution in [0.15, 0.2) is 0 Å². The molecule has 0 radical (unpaired) electrons. The Labute approximate surface area is 146 Å². The fourth-order valence-electron chi connectivity index (χ4n) is 3.64. The molecule has 3 rings (SSSR count). The Morgan fingerprint density at radius 1 is 1.33 bits per heavy atom. The fraction of sp³-hybridized carbons (Fsp3) is 0.588. The van der Waals surface area contributed by atoms with Gasteiger partial charge in [-0.05, 0) is 47.5 Å². The average Bonchev–Trinajstić information content (AvgIpc) is 3.19. The van der Waals surface area contributed by atoms with Crippen LogP contribution < -0.4 is 5.32 Å². The van der Waals surface area contributed by atoms with Crippen LogP contribution >= 0.6 is 11.3 Å². The number of nitrogens with zero attached hydrogens (tertiary/aromatic N) is 3. The van der Waals surface area contributed by atoms with Crippen molar-refractivity contribution in [3.05, 3.63) is 32.5 Å². The summed E-state index contributed by atoms with van der Waals surface area (Å²) >= 11 is 1.65. The van der Waals surface area contributed by atoms with Gasteiger partial charge in [-0.3, -0.25) is 5.10 Å². The molecule has 0 spiro atoms. The number of aryl methyl sites for hydroxylation is 4. The number of aromatic amines is 1. The second-order valence-corrected chi connectivity index (χ2v) is 7.79. The van der Waals surface area contributed by atoms with Crippen LogP contribution in [0.2, 0.25) is 0 Å². The summed E-state index contributed by atoms with van der Waals surface area (Å²) in [5.74, 6) is 0. The maximum Gasteiger partial charge on any atom is 0.318 e. The first-order chi connectivity index (χ1) is 11.4. The Hall–Kier alpha value is -1.89. The topological polar surface area (TPSA) is 73.9 Å². The first-order valence-electron chi connectivity index (χ1n) is 8.41. The Morgan fingerprint density at radius 2 is 2.08 bits per heavy atom. The van der Waals surface area contributed by atoms with E-state index in [0.29, 0.717) is 0 Å². The lowest BCUT2D eigenvalue weighted by Crippen LogP contribution is -2.40. The number of thiazole rings is 1. The number of carbonyl (C=O) groups excluding carboxylic acids is 1. The van der Waals surface area contributed by atoms with Crippen LogP contribution in [0, 0.1) is 27.7 Å². The quantitative estimate of drug-likeness (QED) is 0.889. The second kappa shape index (κ2) is 6.55. The van der Waals surface area contributed by atoms with E-state index in [1.807, 2.05) is 39.5 Å². The lowest BCUT2D eigenvalue weighted by atomic mass is 10.0. The number of rotatable bonds is 3. The predicted octanol–water partition coefficient (Wildman–Crippen LogP) is 3.71. The molecule has 2 amide bonds. The maximum absolute atomic E-state index is 12.8. The summed E-state index contributed by atoms with van der Waals surface area (Å²) in [4.78, 5) is 20.4. The average molecular weight is 347 g/mol. The van der Waals surface area contributed by atoms with Crippen molar-refractivity contribution in [1.29, 1.82) is 0 Å². The zero-order valence-corrected chi connectivity index (χ0v) is 15.8. The molecular formula is C17H25N5OS. The minimum atomic E-state index is -0.0310. The molecule has 2 aromatic heterocycles. The molecule has 7 heteroatoms. The molecule has 1 aliphatic rings. The van der Waals surface area contributed by atoms with Gasteiger partial charge in [0.25, 0.3) is 0 Å². The number of hydrogen-bond donors (Lipinski definition) is 2. The number of amides is 2. The molecule has 0 bridgehead atoms. The minimum absolute atomic E-state index is 0.00421. The molecule has 2 N–H and O–H groups in total. The number of hydrogen-bond acceptors (Lipinski definition) is 4. The van der Waals surface area contributed by atoms with Gasteiger partial charge in [0.2, 0.25) is 0 Å². The van der Waals surface area contributed by atoms with Gasteiger partial charge in [0.05, 0.1) is 28.5 Å². The highest BCUT2D eigenvalue weighted by Crippen LogP contribution is 2.35. The van der Waals surface area contributed by atoms with Crippen LogP contribution in [-0.4, -0.2) is 32.7 Å². The maximum atomic E-state index is 12.8. The first kappa shape index (κ1) is 17.0.